The average molecular weight is 362 g/mol. The van der Waals surface area contributed by atoms with Gasteiger partial charge in [0.05, 0.1) is 0 Å². The van der Waals surface area contributed by atoms with Gasteiger partial charge in [0, 0.05) is 29.0 Å². The summed E-state index contributed by atoms with van der Waals surface area (Å²) in [6, 6.07) is 15.5. The lowest BCUT2D eigenvalue weighted by molar-refractivity contribution is 0.0958. The lowest BCUT2D eigenvalue weighted by atomic mass is 9.90. The van der Waals surface area contributed by atoms with Crippen LogP contribution in [0.25, 0.3) is 0 Å². The van der Waals surface area contributed by atoms with E-state index < -0.39 is 5.92 Å². The molecule has 5 nitrogen and oxygen atoms in total. The highest BCUT2D eigenvalue weighted by atomic mass is 16.3. The van der Waals surface area contributed by atoms with Crippen LogP contribution >= 0.6 is 0 Å². The Hall–Kier alpha value is -3.47. The summed E-state index contributed by atoms with van der Waals surface area (Å²) in [4.78, 5) is 13.1. The van der Waals surface area contributed by atoms with E-state index in [2.05, 4.69) is 0 Å². The van der Waals surface area contributed by atoms with Crippen LogP contribution < -0.4 is 0 Å². The van der Waals surface area contributed by atoms with Crippen molar-refractivity contribution in [2.24, 2.45) is 0 Å². The van der Waals surface area contributed by atoms with Crippen LogP contribution in [0.5, 0.6) is 23.0 Å². The lowest BCUT2D eigenvalue weighted by Crippen LogP contribution is -2.10. The summed E-state index contributed by atoms with van der Waals surface area (Å²) in [5.74, 6) is -0.819. The molecule has 1 aliphatic rings. The largest absolute Gasteiger partial charge is 0.508 e. The minimum Gasteiger partial charge on any atom is -0.508 e. The van der Waals surface area contributed by atoms with E-state index in [9.17, 15) is 25.2 Å². The Morgan fingerprint density at radius 2 is 1.37 bits per heavy atom. The topological polar surface area (TPSA) is 98.0 Å². The number of hydrogen-bond acceptors (Lipinski definition) is 5. The van der Waals surface area contributed by atoms with Crippen molar-refractivity contribution in [1.29, 1.82) is 0 Å². The number of fused-ring (bicyclic) bond motifs is 1. The molecule has 4 N–H and O–H groups in total. The SMILES string of the molecule is O=C(c1ccc(O)cc1)[C@@H]1C[C@H](c2ccc(O)cc2)c2c(O)cc(O)cc21. The number of carbonyl (C=O) groups is 1. The average Bonchev–Trinajstić information content (AvgIpc) is 3.02. The van der Waals surface area contributed by atoms with Crippen molar-refractivity contribution < 1.29 is 25.2 Å². The van der Waals surface area contributed by atoms with Crippen molar-refractivity contribution in [3.63, 3.8) is 0 Å². The minimum absolute atomic E-state index is 0.0518. The predicted molar refractivity (Wildman–Crippen MR) is 99.5 cm³/mol. The molecule has 0 saturated heterocycles. The molecule has 0 radical (unpaired) electrons. The van der Waals surface area contributed by atoms with Crippen LogP contribution in [0.15, 0.2) is 60.7 Å². The molecule has 3 aromatic carbocycles. The van der Waals surface area contributed by atoms with Gasteiger partial charge in [0.15, 0.2) is 5.78 Å². The van der Waals surface area contributed by atoms with Gasteiger partial charge in [0.2, 0.25) is 0 Å². The molecule has 0 spiro atoms. The van der Waals surface area contributed by atoms with E-state index in [1.807, 2.05) is 0 Å². The molecule has 2 atom stereocenters. The Bertz CT molecular complexity index is 1010. The van der Waals surface area contributed by atoms with E-state index in [1.165, 1.54) is 24.3 Å². The number of phenols is 4. The van der Waals surface area contributed by atoms with Gasteiger partial charge in [-0.2, -0.15) is 0 Å². The molecule has 27 heavy (non-hydrogen) atoms. The molecule has 5 heteroatoms. The summed E-state index contributed by atoms with van der Waals surface area (Å²) in [7, 11) is 0. The van der Waals surface area contributed by atoms with Crippen LogP contribution in [0.1, 0.15) is 45.3 Å². The molecular weight excluding hydrogens is 344 g/mol. The Balaban J connectivity index is 1.80. The van der Waals surface area contributed by atoms with Crippen LogP contribution in [0, 0.1) is 0 Å². The van der Waals surface area contributed by atoms with Gasteiger partial charge in [-0.15, -0.1) is 0 Å². The highest BCUT2D eigenvalue weighted by Gasteiger charge is 2.38. The maximum Gasteiger partial charge on any atom is 0.170 e. The third-order valence-corrected chi connectivity index (χ3v) is 5.13. The Morgan fingerprint density at radius 3 is 2.00 bits per heavy atom. The third-order valence-electron chi connectivity index (χ3n) is 5.13. The zero-order chi connectivity index (χ0) is 19.1. The third kappa shape index (κ3) is 2.97. The summed E-state index contributed by atoms with van der Waals surface area (Å²) in [5.41, 5.74) is 2.55. The second-order valence-electron chi connectivity index (χ2n) is 6.81. The Morgan fingerprint density at radius 1 is 0.778 bits per heavy atom. The normalized spacial score (nSPS) is 18.2. The molecule has 0 fully saturated rings. The Labute approximate surface area is 155 Å². The van der Waals surface area contributed by atoms with Crippen molar-refractivity contribution >= 4 is 5.78 Å². The fourth-order valence-corrected chi connectivity index (χ4v) is 3.88. The maximum atomic E-state index is 13.1. The summed E-state index contributed by atoms with van der Waals surface area (Å²) in [6.07, 6.45) is 0.441. The number of phenolic OH excluding ortho intramolecular Hbond substituents is 4. The zero-order valence-electron chi connectivity index (χ0n) is 14.3. The molecule has 4 rings (SSSR count). The van der Waals surface area contributed by atoms with Gasteiger partial charge in [-0.3, -0.25) is 4.79 Å². The molecule has 0 saturated carbocycles. The van der Waals surface area contributed by atoms with Crippen LogP contribution in [-0.4, -0.2) is 26.2 Å². The monoisotopic (exact) mass is 362 g/mol. The van der Waals surface area contributed by atoms with Gasteiger partial charge in [-0.25, -0.2) is 0 Å². The second-order valence-corrected chi connectivity index (χ2v) is 6.81. The molecule has 136 valence electrons. The van der Waals surface area contributed by atoms with Crippen molar-refractivity contribution in [3.8, 4) is 23.0 Å². The van der Waals surface area contributed by atoms with Gasteiger partial charge in [0.25, 0.3) is 0 Å². The summed E-state index contributed by atoms with van der Waals surface area (Å²) in [5, 5.41) is 39.4. The fraction of sp³-hybridized carbons (Fsp3) is 0.136. The standard InChI is InChI=1S/C22H18O5/c23-14-5-1-12(2-6-14)17-11-19(18-9-16(25)10-20(26)21(17)18)22(27)13-3-7-15(24)8-4-13/h1-10,17,19,23-26H,11H2/t17-,19-/m1/s1. The first kappa shape index (κ1) is 17.0. The number of rotatable bonds is 3. The van der Waals surface area contributed by atoms with Gasteiger partial charge in [-0.05, 0) is 60.0 Å². The molecule has 0 amide bonds. The fourth-order valence-electron chi connectivity index (χ4n) is 3.88. The first-order chi connectivity index (χ1) is 12.9. The Kier molecular flexibility index (Phi) is 4.00. The minimum atomic E-state index is -0.527. The van der Waals surface area contributed by atoms with E-state index in [-0.39, 0.29) is 34.7 Å². The van der Waals surface area contributed by atoms with Crippen LogP contribution in [-0.2, 0) is 0 Å². The van der Waals surface area contributed by atoms with E-state index in [0.717, 1.165) is 5.56 Å². The smallest absolute Gasteiger partial charge is 0.170 e. The molecule has 0 heterocycles. The number of hydrogen-bond donors (Lipinski definition) is 4. The number of aromatic hydroxyl groups is 4. The number of carbonyl (C=O) groups excluding carboxylic acids is 1. The molecular formula is C22H18O5. The van der Waals surface area contributed by atoms with E-state index in [0.29, 0.717) is 23.1 Å². The van der Waals surface area contributed by atoms with Gasteiger partial charge >= 0.3 is 0 Å². The van der Waals surface area contributed by atoms with Crippen molar-refractivity contribution in [3.05, 3.63) is 82.9 Å². The van der Waals surface area contributed by atoms with E-state index >= 15 is 0 Å². The summed E-state index contributed by atoms with van der Waals surface area (Å²) < 4.78 is 0. The zero-order valence-corrected chi connectivity index (χ0v) is 14.3. The molecule has 0 bridgehead atoms. The summed E-state index contributed by atoms with van der Waals surface area (Å²) >= 11 is 0. The molecule has 0 aromatic heterocycles. The van der Waals surface area contributed by atoms with Crippen molar-refractivity contribution in [2.45, 2.75) is 18.3 Å². The number of benzene rings is 3. The highest BCUT2D eigenvalue weighted by Crippen LogP contribution is 2.51. The lowest BCUT2D eigenvalue weighted by Gasteiger charge is -2.14. The highest BCUT2D eigenvalue weighted by molar-refractivity contribution is 6.02. The van der Waals surface area contributed by atoms with Crippen molar-refractivity contribution in [2.75, 3.05) is 0 Å². The number of ketones is 1. The first-order valence-electron chi connectivity index (χ1n) is 8.62. The first-order valence-corrected chi connectivity index (χ1v) is 8.62. The van der Waals surface area contributed by atoms with Gasteiger partial charge < -0.3 is 20.4 Å². The quantitative estimate of drug-likeness (QED) is 0.528. The maximum absolute atomic E-state index is 13.1. The van der Waals surface area contributed by atoms with Gasteiger partial charge in [0.1, 0.15) is 23.0 Å². The number of Topliss-reactive ketones (excluding diaryl/α,β-unsaturated/α-hetero) is 1. The molecule has 1 aliphatic carbocycles. The van der Waals surface area contributed by atoms with Crippen LogP contribution in [0.3, 0.4) is 0 Å². The molecule has 0 aliphatic heterocycles. The van der Waals surface area contributed by atoms with E-state index in [1.54, 1.807) is 36.4 Å². The van der Waals surface area contributed by atoms with Gasteiger partial charge in [-0.1, -0.05) is 12.1 Å². The van der Waals surface area contributed by atoms with E-state index in [4.69, 9.17) is 0 Å². The molecule has 3 aromatic rings. The second kappa shape index (κ2) is 6.36. The van der Waals surface area contributed by atoms with Crippen LogP contribution in [0.2, 0.25) is 0 Å². The summed E-state index contributed by atoms with van der Waals surface area (Å²) in [6.45, 7) is 0. The van der Waals surface area contributed by atoms with Crippen molar-refractivity contribution in [1.82, 2.24) is 0 Å². The predicted octanol–water partition coefficient (Wildman–Crippen LogP) is 4.01. The van der Waals surface area contributed by atoms with Crippen LogP contribution in [0.4, 0.5) is 0 Å². The molecule has 0 unspecified atom stereocenters.